The third kappa shape index (κ3) is 3.33. The van der Waals surface area contributed by atoms with Crippen LogP contribution in [0.4, 0.5) is 5.13 Å². The van der Waals surface area contributed by atoms with E-state index in [1.165, 1.54) is 16.2 Å². The van der Waals surface area contributed by atoms with Crippen LogP contribution in [-0.4, -0.2) is 31.2 Å². The number of aromatic nitrogens is 3. The molecule has 0 aliphatic carbocycles. The van der Waals surface area contributed by atoms with E-state index in [1.807, 2.05) is 66.9 Å². The molecule has 1 aliphatic heterocycles. The van der Waals surface area contributed by atoms with E-state index in [0.29, 0.717) is 32.6 Å². The zero-order valence-electron chi connectivity index (χ0n) is 19.3. The summed E-state index contributed by atoms with van der Waals surface area (Å²) in [6, 6.07) is 17.4. The summed E-state index contributed by atoms with van der Waals surface area (Å²) in [5.41, 5.74) is 3.84. The second-order valence-electron chi connectivity index (χ2n) is 8.62. The number of rotatable bonds is 3. The second-order valence-corrected chi connectivity index (χ2v) is 10.1. The van der Waals surface area contributed by atoms with Crippen LogP contribution in [0.1, 0.15) is 28.6 Å². The van der Waals surface area contributed by atoms with Crippen LogP contribution in [-0.2, 0) is 9.59 Å². The maximum Gasteiger partial charge on any atom is 0.301 e. The molecular weight excluding hydrogens is 496 g/mol. The van der Waals surface area contributed by atoms with Crippen molar-refractivity contribution in [2.24, 2.45) is 0 Å². The average molecular weight is 515 g/mol. The quantitative estimate of drug-likeness (QED) is 0.186. The zero-order chi connectivity index (χ0) is 25.1. The highest BCUT2D eigenvalue weighted by Crippen LogP contribution is 2.44. The molecule has 0 spiro atoms. The van der Waals surface area contributed by atoms with Gasteiger partial charge in [-0.15, -0.1) is 0 Å². The smallest absolute Gasteiger partial charge is 0.301 e. The summed E-state index contributed by atoms with van der Waals surface area (Å²) in [4.78, 5) is 37.5. The molecule has 178 valence electrons. The molecule has 1 fully saturated rings. The molecule has 7 nitrogen and oxygen atoms in total. The number of carbonyl (C=O) groups excluding carboxylic acids is 2. The van der Waals surface area contributed by atoms with Crippen LogP contribution >= 0.6 is 22.9 Å². The Balaban J connectivity index is 1.59. The van der Waals surface area contributed by atoms with Crippen LogP contribution in [0.5, 0.6) is 0 Å². The molecule has 5 aromatic rings. The largest absolute Gasteiger partial charge is 0.505 e. The van der Waals surface area contributed by atoms with Gasteiger partial charge in [0.05, 0.1) is 27.5 Å². The highest BCUT2D eigenvalue weighted by atomic mass is 35.5. The lowest BCUT2D eigenvalue weighted by molar-refractivity contribution is -0.132. The van der Waals surface area contributed by atoms with Crippen molar-refractivity contribution >= 4 is 61.4 Å². The first-order chi connectivity index (χ1) is 17.3. The SMILES string of the molecule is Cc1cccn2c(C)c(/C(O)=C3\C(=O)C(=O)N(c4nc5ccc(Cl)cc5s4)C3c3ccccc3)nc12. The molecular formula is C27H19ClN4O3S. The fourth-order valence-corrected chi connectivity index (χ4v) is 5.91. The van der Waals surface area contributed by atoms with Crippen LogP contribution < -0.4 is 4.90 Å². The Morgan fingerprint density at radius 1 is 1.03 bits per heavy atom. The summed E-state index contributed by atoms with van der Waals surface area (Å²) in [6.45, 7) is 3.74. The van der Waals surface area contributed by atoms with E-state index in [0.717, 1.165) is 10.3 Å². The maximum atomic E-state index is 13.5. The fraction of sp³-hybridized carbons (Fsp3) is 0.111. The molecule has 6 rings (SSSR count). The van der Waals surface area contributed by atoms with Crippen molar-refractivity contribution in [2.45, 2.75) is 19.9 Å². The van der Waals surface area contributed by atoms with E-state index in [9.17, 15) is 14.7 Å². The number of benzene rings is 2. The molecule has 0 radical (unpaired) electrons. The van der Waals surface area contributed by atoms with E-state index in [1.54, 1.807) is 18.2 Å². The lowest BCUT2D eigenvalue weighted by Gasteiger charge is -2.22. The Morgan fingerprint density at radius 3 is 2.56 bits per heavy atom. The number of hydrogen-bond donors (Lipinski definition) is 1. The van der Waals surface area contributed by atoms with Crippen LogP contribution in [0.15, 0.2) is 72.4 Å². The van der Waals surface area contributed by atoms with E-state index in [2.05, 4.69) is 9.97 Å². The van der Waals surface area contributed by atoms with E-state index in [4.69, 9.17) is 11.6 Å². The van der Waals surface area contributed by atoms with Crippen molar-refractivity contribution in [3.8, 4) is 0 Å². The minimum absolute atomic E-state index is 0.0207. The van der Waals surface area contributed by atoms with Crippen LogP contribution in [0, 0.1) is 13.8 Å². The van der Waals surface area contributed by atoms with Gasteiger partial charge in [-0.3, -0.25) is 14.5 Å². The molecule has 4 heterocycles. The minimum atomic E-state index is -0.868. The van der Waals surface area contributed by atoms with Crippen LogP contribution in [0.3, 0.4) is 0 Å². The van der Waals surface area contributed by atoms with Gasteiger partial charge >= 0.3 is 5.91 Å². The Kier molecular flexibility index (Phi) is 5.17. The number of ketones is 1. The molecule has 2 aromatic carbocycles. The van der Waals surface area contributed by atoms with Crippen molar-refractivity contribution in [1.29, 1.82) is 0 Å². The Labute approximate surface area is 214 Å². The zero-order valence-corrected chi connectivity index (χ0v) is 20.8. The highest BCUT2D eigenvalue weighted by Gasteiger charge is 2.48. The van der Waals surface area contributed by atoms with Crippen LogP contribution in [0.2, 0.25) is 5.02 Å². The summed E-state index contributed by atoms with van der Waals surface area (Å²) >= 11 is 7.42. The van der Waals surface area contributed by atoms with Crippen LogP contribution in [0.25, 0.3) is 21.6 Å². The van der Waals surface area contributed by atoms with E-state index >= 15 is 0 Å². The van der Waals surface area contributed by atoms with Gasteiger partial charge in [0.25, 0.3) is 5.78 Å². The van der Waals surface area contributed by atoms with Gasteiger partial charge in [-0.05, 0) is 49.2 Å². The van der Waals surface area contributed by atoms with E-state index < -0.39 is 17.7 Å². The number of imidazole rings is 1. The summed E-state index contributed by atoms with van der Waals surface area (Å²) in [7, 11) is 0. The number of halogens is 1. The van der Waals surface area contributed by atoms with Gasteiger partial charge < -0.3 is 9.51 Å². The van der Waals surface area contributed by atoms with Crippen molar-refractivity contribution < 1.29 is 14.7 Å². The maximum absolute atomic E-state index is 13.5. The van der Waals surface area contributed by atoms with Gasteiger partial charge in [-0.1, -0.05) is 59.3 Å². The predicted molar refractivity (Wildman–Crippen MR) is 141 cm³/mol. The predicted octanol–water partition coefficient (Wildman–Crippen LogP) is 5.84. The topological polar surface area (TPSA) is 87.8 Å². The average Bonchev–Trinajstić information content (AvgIpc) is 3.52. The molecule has 1 saturated heterocycles. The minimum Gasteiger partial charge on any atom is -0.505 e. The highest BCUT2D eigenvalue weighted by molar-refractivity contribution is 7.22. The molecule has 1 unspecified atom stereocenters. The van der Waals surface area contributed by atoms with Gasteiger partial charge in [-0.2, -0.15) is 0 Å². The number of nitrogens with zero attached hydrogens (tertiary/aromatic N) is 4. The molecule has 1 amide bonds. The Bertz CT molecular complexity index is 1740. The monoisotopic (exact) mass is 514 g/mol. The molecule has 1 N–H and O–H groups in total. The number of Topliss-reactive ketones (excluding diaryl/α,β-unsaturated/α-hetero) is 1. The number of aryl methyl sites for hydroxylation is 2. The number of pyridine rings is 1. The van der Waals surface area contributed by atoms with Crippen molar-refractivity contribution in [3.63, 3.8) is 0 Å². The summed E-state index contributed by atoms with van der Waals surface area (Å²) in [6.07, 6.45) is 1.85. The van der Waals surface area contributed by atoms with Gasteiger partial charge in [0.2, 0.25) is 0 Å². The van der Waals surface area contributed by atoms with Crippen molar-refractivity contribution in [2.75, 3.05) is 4.90 Å². The normalized spacial score (nSPS) is 17.5. The summed E-state index contributed by atoms with van der Waals surface area (Å²) in [5.74, 6) is -1.85. The molecule has 0 saturated carbocycles. The molecule has 9 heteroatoms. The molecule has 1 aliphatic rings. The number of aliphatic hydroxyl groups excluding tert-OH is 1. The fourth-order valence-electron chi connectivity index (χ4n) is 4.64. The van der Waals surface area contributed by atoms with Crippen molar-refractivity contribution in [1.82, 2.24) is 14.4 Å². The summed E-state index contributed by atoms with van der Waals surface area (Å²) < 4.78 is 2.65. The number of carbonyl (C=O) groups is 2. The number of thiazole rings is 1. The Hall–Kier alpha value is -4.01. The number of fused-ring (bicyclic) bond motifs is 2. The van der Waals surface area contributed by atoms with Gasteiger partial charge in [0.1, 0.15) is 11.3 Å². The molecule has 0 bridgehead atoms. The molecule has 1 atom stereocenters. The molecule has 3 aromatic heterocycles. The summed E-state index contributed by atoms with van der Waals surface area (Å²) in [5, 5.41) is 12.4. The van der Waals surface area contributed by atoms with Crippen molar-refractivity contribution in [3.05, 3.63) is 100.0 Å². The second kappa shape index (κ2) is 8.29. The first-order valence-electron chi connectivity index (χ1n) is 11.2. The molecule has 36 heavy (non-hydrogen) atoms. The van der Waals surface area contributed by atoms with Gasteiger partial charge in [0.15, 0.2) is 10.9 Å². The number of aliphatic hydroxyl groups is 1. The standard InChI is InChI=1S/C27H19ClN4O3S/c1-14-7-6-12-31-15(2)21(30-25(14)31)23(33)20-22(16-8-4-3-5-9-16)32(26(35)24(20)34)27-29-18-11-10-17(28)13-19(18)36-27/h3-13,22,33H,1-2H3/b23-20+. The number of hydrogen-bond acceptors (Lipinski definition) is 6. The lowest BCUT2D eigenvalue weighted by Crippen LogP contribution is -2.29. The first kappa shape index (κ1) is 22.5. The number of anilines is 1. The lowest BCUT2D eigenvalue weighted by atomic mass is 9.96. The number of amides is 1. The third-order valence-corrected chi connectivity index (χ3v) is 7.67. The van der Waals surface area contributed by atoms with Gasteiger partial charge in [-0.25, -0.2) is 9.97 Å². The van der Waals surface area contributed by atoms with Gasteiger partial charge in [0, 0.05) is 11.2 Å². The third-order valence-electron chi connectivity index (χ3n) is 6.41. The van der Waals surface area contributed by atoms with E-state index in [-0.39, 0.29) is 17.0 Å². The Morgan fingerprint density at radius 2 is 1.81 bits per heavy atom. The first-order valence-corrected chi connectivity index (χ1v) is 12.4.